The van der Waals surface area contributed by atoms with Gasteiger partial charge in [0.1, 0.15) is 17.9 Å². The highest BCUT2D eigenvalue weighted by Crippen LogP contribution is 2.33. The first-order valence-corrected chi connectivity index (χ1v) is 20.9. The van der Waals surface area contributed by atoms with Gasteiger partial charge in [0.05, 0.1) is 28.3 Å². The van der Waals surface area contributed by atoms with Gasteiger partial charge in [-0.1, -0.05) is 0 Å². The SMILES string of the molecule is N#Cc1ccc(OC2CCC(NC(=O)c3ccc(N4CCC(CN5CCN(c6ccc7c(c6)C(=O)N(C6CCC(=O)NC6=O)C7=O)CC5)CC4)nn3)CC2)c2cccnc12. The third-order valence-corrected chi connectivity index (χ3v) is 12.7. The molecule has 5 amide bonds. The Bertz CT molecular complexity index is 2380. The predicted molar refractivity (Wildman–Crippen MR) is 219 cm³/mol. The van der Waals surface area contributed by atoms with E-state index in [2.05, 4.69) is 46.6 Å². The summed E-state index contributed by atoms with van der Waals surface area (Å²) in [6.07, 6.45) is 7.12. The number of aromatic nitrogens is 3. The van der Waals surface area contributed by atoms with Gasteiger partial charge in [-0.2, -0.15) is 5.26 Å². The Morgan fingerprint density at radius 3 is 2.35 bits per heavy atom. The van der Waals surface area contributed by atoms with Crippen molar-refractivity contribution in [2.75, 3.05) is 55.6 Å². The molecule has 16 heteroatoms. The Kier molecular flexibility index (Phi) is 10.8. The first kappa shape index (κ1) is 39.0. The molecule has 16 nitrogen and oxygen atoms in total. The van der Waals surface area contributed by atoms with Crippen LogP contribution in [0.1, 0.15) is 88.1 Å². The lowest BCUT2D eigenvalue weighted by molar-refractivity contribution is -0.136. The number of benzene rings is 2. The maximum Gasteiger partial charge on any atom is 0.272 e. The molecule has 5 aliphatic rings. The number of nitriles is 1. The van der Waals surface area contributed by atoms with Crippen LogP contribution in [0.4, 0.5) is 11.5 Å². The number of piperazine rings is 1. The zero-order chi connectivity index (χ0) is 41.3. The predicted octanol–water partition coefficient (Wildman–Crippen LogP) is 3.46. The summed E-state index contributed by atoms with van der Waals surface area (Å²) in [6, 6.07) is 17.5. The Labute approximate surface area is 346 Å². The average Bonchev–Trinajstić information content (AvgIpc) is 3.52. The van der Waals surface area contributed by atoms with Gasteiger partial charge in [0.15, 0.2) is 11.5 Å². The standard InChI is InChI=1S/C44H46N10O6/c45-25-28-3-12-37(33-2-1-17-46-40(28)33)60-31-7-4-29(5-8-31)47-41(56)35-10-13-38(50-49-35)53-18-15-27(16-19-53)26-51-20-22-52(23-21-51)30-6-9-32-34(24-30)44(59)54(43(32)58)36-11-14-39(55)48-42(36)57/h1-3,6,9-10,12-13,17,24,27,29,31,36H,4-5,7-8,11,14-16,18-23,26H2,(H,47,56)(H,48,55,57). The highest BCUT2D eigenvalue weighted by Gasteiger charge is 2.45. The molecule has 2 aromatic heterocycles. The third-order valence-electron chi connectivity index (χ3n) is 12.7. The summed E-state index contributed by atoms with van der Waals surface area (Å²) in [5.41, 5.74) is 2.92. The van der Waals surface area contributed by atoms with E-state index in [4.69, 9.17) is 4.74 Å². The lowest BCUT2D eigenvalue weighted by Crippen LogP contribution is -2.54. The van der Waals surface area contributed by atoms with Gasteiger partial charge in [0.25, 0.3) is 17.7 Å². The fraction of sp³-hybridized carbons (Fsp3) is 0.432. The number of nitrogens with one attached hydrogen (secondary N) is 2. The zero-order valence-electron chi connectivity index (χ0n) is 33.2. The molecule has 3 saturated heterocycles. The highest BCUT2D eigenvalue weighted by molar-refractivity contribution is 6.23. The largest absolute Gasteiger partial charge is 0.490 e. The second kappa shape index (κ2) is 16.6. The molecule has 4 fully saturated rings. The van der Waals surface area contributed by atoms with Crippen LogP contribution in [-0.2, 0) is 9.59 Å². The van der Waals surface area contributed by atoms with Crippen LogP contribution in [0.5, 0.6) is 5.75 Å². The van der Waals surface area contributed by atoms with Gasteiger partial charge in [-0.15, -0.1) is 10.2 Å². The van der Waals surface area contributed by atoms with E-state index in [9.17, 15) is 29.2 Å². The van der Waals surface area contributed by atoms with Crippen molar-refractivity contribution in [3.8, 4) is 11.8 Å². The van der Waals surface area contributed by atoms with Gasteiger partial charge >= 0.3 is 0 Å². The van der Waals surface area contributed by atoms with E-state index in [0.717, 1.165) is 112 Å². The molecule has 1 unspecified atom stereocenters. The van der Waals surface area contributed by atoms with Gasteiger partial charge in [-0.05, 0) is 105 Å². The van der Waals surface area contributed by atoms with Crippen molar-refractivity contribution >= 4 is 51.9 Å². The Morgan fingerprint density at radius 2 is 1.62 bits per heavy atom. The summed E-state index contributed by atoms with van der Waals surface area (Å²) in [4.78, 5) is 76.0. The first-order chi connectivity index (χ1) is 29.2. The van der Waals surface area contributed by atoms with Crippen molar-refractivity contribution in [1.82, 2.24) is 35.6 Å². The molecule has 2 aromatic carbocycles. The van der Waals surface area contributed by atoms with E-state index in [1.165, 1.54) is 0 Å². The third kappa shape index (κ3) is 7.84. The summed E-state index contributed by atoms with van der Waals surface area (Å²) in [5, 5.41) is 24.4. The van der Waals surface area contributed by atoms with Crippen molar-refractivity contribution in [1.29, 1.82) is 5.26 Å². The number of nitrogens with zero attached hydrogens (tertiary/aromatic N) is 8. The van der Waals surface area contributed by atoms with E-state index >= 15 is 0 Å². The molecule has 4 aromatic rings. The number of anilines is 2. The van der Waals surface area contributed by atoms with Crippen LogP contribution in [0, 0.1) is 17.2 Å². The van der Waals surface area contributed by atoms with Crippen LogP contribution in [0.15, 0.2) is 60.8 Å². The molecule has 6 heterocycles. The van der Waals surface area contributed by atoms with E-state index in [1.807, 2.05) is 30.3 Å². The van der Waals surface area contributed by atoms with Gasteiger partial charge in [0.2, 0.25) is 11.8 Å². The van der Waals surface area contributed by atoms with Gasteiger partial charge in [-0.3, -0.25) is 44.1 Å². The number of piperidine rings is 2. The fourth-order valence-electron chi connectivity index (χ4n) is 9.27. The normalized spacial score (nSPS) is 22.7. The number of rotatable bonds is 9. The number of fused-ring (bicyclic) bond motifs is 2. The van der Waals surface area contributed by atoms with Crippen LogP contribution >= 0.6 is 0 Å². The topological polar surface area (TPSA) is 194 Å². The van der Waals surface area contributed by atoms with Crippen LogP contribution < -0.4 is 25.2 Å². The number of pyridine rings is 1. The quantitative estimate of drug-likeness (QED) is 0.234. The molecular formula is C44H46N10O6. The van der Waals surface area contributed by atoms with Crippen molar-refractivity contribution in [2.45, 2.75) is 69.6 Å². The lowest BCUT2D eigenvalue weighted by atomic mass is 9.92. The smallest absolute Gasteiger partial charge is 0.272 e. The number of amides is 5. The van der Waals surface area contributed by atoms with Crippen molar-refractivity contribution in [2.24, 2.45) is 5.92 Å². The van der Waals surface area contributed by atoms with E-state index in [0.29, 0.717) is 28.3 Å². The molecule has 1 aliphatic carbocycles. The number of ether oxygens (including phenoxy) is 1. The van der Waals surface area contributed by atoms with Crippen molar-refractivity contribution in [3.63, 3.8) is 0 Å². The van der Waals surface area contributed by atoms with Crippen LogP contribution in [0.3, 0.4) is 0 Å². The average molecular weight is 811 g/mol. The molecule has 0 spiro atoms. The first-order valence-electron chi connectivity index (χ1n) is 20.9. The number of hydrogen-bond acceptors (Lipinski definition) is 13. The van der Waals surface area contributed by atoms with Crippen LogP contribution in [0.2, 0.25) is 0 Å². The molecule has 1 atom stereocenters. The second-order valence-corrected chi connectivity index (χ2v) is 16.4. The Balaban J connectivity index is 0.701. The minimum absolute atomic E-state index is 0.0112. The summed E-state index contributed by atoms with van der Waals surface area (Å²) in [7, 11) is 0. The molecule has 60 heavy (non-hydrogen) atoms. The van der Waals surface area contributed by atoms with Gasteiger partial charge < -0.3 is 19.9 Å². The molecule has 308 valence electrons. The highest BCUT2D eigenvalue weighted by atomic mass is 16.5. The molecule has 9 rings (SSSR count). The van der Waals surface area contributed by atoms with Crippen molar-refractivity contribution in [3.05, 3.63) is 83.2 Å². The summed E-state index contributed by atoms with van der Waals surface area (Å²) in [6.45, 7) is 6.07. The van der Waals surface area contributed by atoms with Crippen molar-refractivity contribution < 1.29 is 28.7 Å². The van der Waals surface area contributed by atoms with Gasteiger partial charge in [0, 0.05) is 75.5 Å². The fourth-order valence-corrected chi connectivity index (χ4v) is 9.27. The van der Waals surface area contributed by atoms with E-state index in [-0.39, 0.29) is 36.5 Å². The van der Waals surface area contributed by atoms with Gasteiger partial charge in [-0.25, -0.2) is 0 Å². The maximum atomic E-state index is 13.3. The number of imide groups is 2. The molecule has 0 radical (unpaired) electrons. The number of carbonyl (C=O) groups is 5. The molecule has 0 bridgehead atoms. The monoisotopic (exact) mass is 810 g/mol. The lowest BCUT2D eigenvalue weighted by Gasteiger charge is -2.39. The van der Waals surface area contributed by atoms with E-state index in [1.54, 1.807) is 30.5 Å². The molecular weight excluding hydrogens is 765 g/mol. The van der Waals surface area contributed by atoms with Crippen LogP contribution in [-0.4, -0.2) is 119 Å². The minimum Gasteiger partial charge on any atom is -0.490 e. The number of carbonyl (C=O) groups excluding carboxylic acids is 5. The Hall–Kier alpha value is -6.47. The van der Waals surface area contributed by atoms with Crippen LogP contribution in [0.25, 0.3) is 10.9 Å². The maximum absolute atomic E-state index is 13.3. The zero-order valence-corrected chi connectivity index (χ0v) is 33.2. The number of hydrogen-bond donors (Lipinski definition) is 2. The second-order valence-electron chi connectivity index (χ2n) is 16.4. The van der Waals surface area contributed by atoms with E-state index < -0.39 is 29.7 Å². The molecule has 4 aliphatic heterocycles. The summed E-state index contributed by atoms with van der Waals surface area (Å²) in [5.74, 6) is -0.172. The Morgan fingerprint density at radius 1 is 0.833 bits per heavy atom. The summed E-state index contributed by atoms with van der Waals surface area (Å²) >= 11 is 0. The molecule has 1 saturated carbocycles. The summed E-state index contributed by atoms with van der Waals surface area (Å²) < 4.78 is 6.35. The molecule has 2 N–H and O–H groups in total. The minimum atomic E-state index is -0.978.